The molecule has 3 heteroatoms. The van der Waals surface area contributed by atoms with Gasteiger partial charge in [0, 0.05) is 33.3 Å². The van der Waals surface area contributed by atoms with Gasteiger partial charge in [0.05, 0.1) is 10.2 Å². The van der Waals surface area contributed by atoms with E-state index in [1.807, 2.05) is 12.3 Å². The molecule has 0 saturated carbocycles. The van der Waals surface area contributed by atoms with Crippen molar-refractivity contribution in [2.24, 2.45) is 0 Å². The monoisotopic (exact) mass is 656 g/mol. The molecule has 0 aliphatic heterocycles. The van der Waals surface area contributed by atoms with Gasteiger partial charge in [0.15, 0.2) is 0 Å². The van der Waals surface area contributed by atoms with Gasteiger partial charge in [0.1, 0.15) is 0 Å². The van der Waals surface area contributed by atoms with Crippen molar-refractivity contribution in [1.29, 1.82) is 0 Å². The fraction of sp³-hybridized carbons (Fsp3) is 0. The van der Waals surface area contributed by atoms with Crippen LogP contribution in [0.25, 0.3) is 64.8 Å². The highest BCUT2D eigenvalue weighted by molar-refractivity contribution is 7.25. The molecule has 0 N–H and O–H groups in total. The molecule has 0 atom stereocenters. The lowest BCUT2D eigenvalue weighted by Gasteiger charge is -2.26. The Labute approximate surface area is 296 Å². The molecule has 0 radical (unpaired) electrons. The standard InChI is InChI=1S/C47H32N2S/c1-3-10-33(11-4-1)35-19-25-40(26-20-35)49(41-27-21-36(22-28-41)34-12-5-2-6-13-34)42-29-23-37(24-30-42)38-14-7-15-39(32-38)43-16-8-17-44-46(43)47-45(50-44)18-9-31-48-47/h1-32H. The first-order valence-electron chi connectivity index (χ1n) is 16.9. The van der Waals surface area contributed by atoms with Gasteiger partial charge in [-0.1, -0.05) is 127 Å². The summed E-state index contributed by atoms with van der Waals surface area (Å²) in [5.74, 6) is 0. The lowest BCUT2D eigenvalue weighted by Crippen LogP contribution is -2.09. The highest BCUT2D eigenvalue weighted by Gasteiger charge is 2.15. The Morgan fingerprint density at radius 2 is 0.820 bits per heavy atom. The lowest BCUT2D eigenvalue weighted by atomic mass is 9.96. The molecule has 0 aliphatic carbocycles. The fourth-order valence-electron chi connectivity index (χ4n) is 6.86. The minimum Gasteiger partial charge on any atom is -0.311 e. The predicted octanol–water partition coefficient (Wildman–Crippen LogP) is 13.6. The molecule has 0 bridgehead atoms. The number of benzene rings is 7. The number of fused-ring (bicyclic) bond motifs is 3. The molecule has 0 unspecified atom stereocenters. The third kappa shape index (κ3) is 5.64. The van der Waals surface area contributed by atoms with Crippen LogP contribution in [0.1, 0.15) is 0 Å². The van der Waals surface area contributed by atoms with E-state index in [0.717, 1.165) is 22.6 Å². The lowest BCUT2D eigenvalue weighted by molar-refractivity contribution is 1.28. The van der Waals surface area contributed by atoms with Gasteiger partial charge in [0.25, 0.3) is 0 Å². The van der Waals surface area contributed by atoms with Crippen LogP contribution in [-0.4, -0.2) is 4.98 Å². The maximum atomic E-state index is 4.76. The van der Waals surface area contributed by atoms with Crippen LogP contribution in [0.5, 0.6) is 0 Å². The molecule has 2 aromatic heterocycles. The zero-order chi connectivity index (χ0) is 33.3. The summed E-state index contributed by atoms with van der Waals surface area (Å²) >= 11 is 1.80. The van der Waals surface area contributed by atoms with E-state index in [0.29, 0.717) is 0 Å². The molecule has 0 fully saturated rings. The van der Waals surface area contributed by atoms with Crippen molar-refractivity contribution in [3.63, 3.8) is 0 Å². The number of hydrogen-bond acceptors (Lipinski definition) is 3. The highest BCUT2D eigenvalue weighted by Crippen LogP contribution is 2.41. The van der Waals surface area contributed by atoms with Crippen LogP contribution < -0.4 is 4.90 Å². The third-order valence-electron chi connectivity index (χ3n) is 9.35. The van der Waals surface area contributed by atoms with Crippen molar-refractivity contribution in [3.05, 3.63) is 194 Å². The van der Waals surface area contributed by atoms with Crippen molar-refractivity contribution in [2.75, 3.05) is 4.90 Å². The minimum absolute atomic E-state index is 1.08. The number of hydrogen-bond donors (Lipinski definition) is 0. The predicted molar refractivity (Wildman–Crippen MR) is 214 cm³/mol. The summed E-state index contributed by atoms with van der Waals surface area (Å²) in [7, 11) is 0. The van der Waals surface area contributed by atoms with Gasteiger partial charge in [-0.2, -0.15) is 0 Å². The van der Waals surface area contributed by atoms with E-state index in [4.69, 9.17) is 4.98 Å². The number of rotatable bonds is 7. The summed E-state index contributed by atoms with van der Waals surface area (Å²) < 4.78 is 2.48. The Hall–Kier alpha value is -6.29. The second kappa shape index (κ2) is 13.0. The van der Waals surface area contributed by atoms with Crippen LogP contribution >= 0.6 is 11.3 Å². The van der Waals surface area contributed by atoms with E-state index in [-0.39, 0.29) is 0 Å². The Morgan fingerprint density at radius 1 is 0.360 bits per heavy atom. The van der Waals surface area contributed by atoms with Gasteiger partial charge in [0.2, 0.25) is 0 Å². The molecule has 0 saturated heterocycles. The van der Waals surface area contributed by atoms with Crippen molar-refractivity contribution < 1.29 is 0 Å². The Balaban J connectivity index is 1.08. The number of pyridine rings is 1. The van der Waals surface area contributed by atoms with Gasteiger partial charge in [-0.25, -0.2) is 0 Å². The molecule has 236 valence electrons. The van der Waals surface area contributed by atoms with Crippen molar-refractivity contribution >= 4 is 48.7 Å². The van der Waals surface area contributed by atoms with Gasteiger partial charge in [-0.05, 0) is 105 Å². The minimum atomic E-state index is 1.08. The van der Waals surface area contributed by atoms with E-state index in [1.165, 1.54) is 59.3 Å². The topological polar surface area (TPSA) is 16.1 Å². The molecule has 50 heavy (non-hydrogen) atoms. The number of nitrogens with zero attached hydrogens (tertiary/aromatic N) is 2. The zero-order valence-corrected chi connectivity index (χ0v) is 28.1. The van der Waals surface area contributed by atoms with Crippen LogP contribution in [0, 0.1) is 0 Å². The maximum absolute atomic E-state index is 4.76. The summed E-state index contributed by atoms with van der Waals surface area (Å²) in [4.78, 5) is 7.09. The van der Waals surface area contributed by atoms with Gasteiger partial charge >= 0.3 is 0 Å². The van der Waals surface area contributed by atoms with E-state index < -0.39 is 0 Å². The summed E-state index contributed by atoms with van der Waals surface area (Å²) in [6.45, 7) is 0. The fourth-order valence-corrected chi connectivity index (χ4v) is 7.95. The molecular weight excluding hydrogens is 625 g/mol. The Kier molecular flexibility index (Phi) is 7.73. The molecule has 0 amide bonds. The van der Waals surface area contributed by atoms with Gasteiger partial charge in [-0.15, -0.1) is 11.3 Å². The van der Waals surface area contributed by atoms with Gasteiger partial charge in [-0.3, -0.25) is 4.98 Å². The maximum Gasteiger partial charge on any atom is 0.0894 e. The average Bonchev–Trinajstić information content (AvgIpc) is 3.59. The number of anilines is 3. The molecule has 0 spiro atoms. The normalized spacial score (nSPS) is 11.2. The second-order valence-electron chi connectivity index (χ2n) is 12.4. The highest BCUT2D eigenvalue weighted by atomic mass is 32.1. The summed E-state index contributed by atoms with van der Waals surface area (Å²) in [6.07, 6.45) is 1.89. The average molecular weight is 657 g/mol. The number of aromatic nitrogens is 1. The molecule has 2 heterocycles. The first-order chi connectivity index (χ1) is 24.8. The third-order valence-corrected chi connectivity index (χ3v) is 10.5. The first kappa shape index (κ1) is 29.8. The van der Waals surface area contributed by atoms with Crippen LogP contribution in [0.2, 0.25) is 0 Å². The largest absolute Gasteiger partial charge is 0.311 e. The van der Waals surface area contributed by atoms with Crippen molar-refractivity contribution in [3.8, 4) is 44.5 Å². The smallest absolute Gasteiger partial charge is 0.0894 e. The molecule has 9 aromatic rings. The van der Waals surface area contributed by atoms with Crippen molar-refractivity contribution in [1.82, 2.24) is 4.98 Å². The van der Waals surface area contributed by atoms with E-state index in [2.05, 4.69) is 187 Å². The van der Waals surface area contributed by atoms with Crippen LogP contribution in [-0.2, 0) is 0 Å². The molecule has 7 aromatic carbocycles. The van der Waals surface area contributed by atoms with E-state index in [1.54, 1.807) is 11.3 Å². The summed E-state index contributed by atoms with van der Waals surface area (Å²) in [5, 5.41) is 1.23. The summed E-state index contributed by atoms with van der Waals surface area (Å²) in [6, 6.07) is 67.3. The molecular formula is C47H32N2S. The van der Waals surface area contributed by atoms with E-state index in [9.17, 15) is 0 Å². The van der Waals surface area contributed by atoms with Gasteiger partial charge < -0.3 is 4.90 Å². The first-order valence-corrected chi connectivity index (χ1v) is 17.7. The van der Waals surface area contributed by atoms with Crippen LogP contribution in [0.3, 0.4) is 0 Å². The number of thiophene rings is 1. The van der Waals surface area contributed by atoms with E-state index >= 15 is 0 Å². The SMILES string of the molecule is c1ccc(-c2ccc(N(c3ccc(-c4ccccc4)cc3)c3ccc(-c4cccc(-c5cccc6sc7cccnc7c56)c4)cc3)cc2)cc1. The van der Waals surface area contributed by atoms with Crippen molar-refractivity contribution in [2.45, 2.75) is 0 Å². The molecule has 0 aliphatic rings. The van der Waals surface area contributed by atoms with Crippen LogP contribution in [0.4, 0.5) is 17.1 Å². The second-order valence-corrected chi connectivity index (χ2v) is 13.5. The quantitative estimate of drug-likeness (QED) is 0.170. The van der Waals surface area contributed by atoms with Crippen LogP contribution in [0.15, 0.2) is 194 Å². The zero-order valence-electron chi connectivity index (χ0n) is 27.3. The summed E-state index contributed by atoms with van der Waals surface area (Å²) in [5.41, 5.74) is 14.0. The Morgan fingerprint density at radius 3 is 1.40 bits per heavy atom. The Bertz CT molecular complexity index is 2470. The molecule has 2 nitrogen and oxygen atoms in total. The molecule has 9 rings (SSSR count).